The summed E-state index contributed by atoms with van der Waals surface area (Å²) in [5.41, 5.74) is 1.77. The number of esters is 1. The van der Waals surface area contributed by atoms with E-state index in [1.165, 1.54) is 0 Å². The first kappa shape index (κ1) is 15.5. The number of carbonyl (C=O) groups is 2. The summed E-state index contributed by atoms with van der Waals surface area (Å²) < 4.78 is 5.01. The number of carboxylic acids is 1. The lowest BCUT2D eigenvalue weighted by Crippen LogP contribution is -2.33. The van der Waals surface area contributed by atoms with E-state index in [-0.39, 0.29) is 18.9 Å². The third kappa shape index (κ3) is 4.86. The Bertz CT molecular complexity index is 511. The van der Waals surface area contributed by atoms with Gasteiger partial charge in [-0.05, 0) is 30.9 Å². The monoisotopic (exact) mass is 291 g/mol. The Balaban J connectivity index is 2.06. The number of ether oxygens (including phenoxy) is 1. The Labute approximate surface area is 124 Å². The number of carboxylic acid groups (broad SMARTS) is 1. The van der Waals surface area contributed by atoms with Gasteiger partial charge in [0, 0.05) is 12.6 Å². The maximum atomic E-state index is 11.7. The van der Waals surface area contributed by atoms with Gasteiger partial charge in [-0.25, -0.2) is 0 Å². The third-order valence-electron chi connectivity index (χ3n) is 3.53. The standard InChI is InChI=1S/C16H21NO4/c1-2-21-16(20)11-17(14-7-8-14)10-13-6-4-3-5-12(13)9-15(18)19/h3-6,14H,2,7-11H2,1H3,(H,18,19). The number of aliphatic carboxylic acids is 1. The maximum Gasteiger partial charge on any atom is 0.320 e. The van der Waals surface area contributed by atoms with E-state index in [4.69, 9.17) is 9.84 Å². The van der Waals surface area contributed by atoms with Crippen LogP contribution < -0.4 is 0 Å². The van der Waals surface area contributed by atoms with Crippen LogP contribution in [0.5, 0.6) is 0 Å². The summed E-state index contributed by atoms with van der Waals surface area (Å²) in [6.45, 7) is 3.03. The minimum absolute atomic E-state index is 0.00802. The normalized spacial score (nSPS) is 14.2. The van der Waals surface area contributed by atoms with Gasteiger partial charge in [-0.3, -0.25) is 14.5 Å². The quantitative estimate of drug-likeness (QED) is 0.740. The Morgan fingerprint density at radius 1 is 1.29 bits per heavy atom. The molecule has 1 N–H and O–H groups in total. The second kappa shape index (κ2) is 7.22. The van der Waals surface area contributed by atoms with Crippen LogP contribution in [-0.4, -0.2) is 41.1 Å². The van der Waals surface area contributed by atoms with Crippen LogP contribution in [0.4, 0.5) is 0 Å². The molecule has 114 valence electrons. The van der Waals surface area contributed by atoms with Crippen LogP contribution in [0.25, 0.3) is 0 Å². The molecule has 21 heavy (non-hydrogen) atoms. The molecular formula is C16H21NO4. The van der Waals surface area contributed by atoms with Crippen molar-refractivity contribution in [2.45, 2.75) is 38.8 Å². The number of rotatable bonds is 8. The van der Waals surface area contributed by atoms with E-state index in [1.54, 1.807) is 6.92 Å². The molecule has 0 unspecified atom stereocenters. The molecule has 0 radical (unpaired) electrons. The summed E-state index contributed by atoms with van der Waals surface area (Å²) in [6, 6.07) is 7.91. The predicted octanol–water partition coefficient (Wildman–Crippen LogP) is 1.84. The van der Waals surface area contributed by atoms with Crippen molar-refractivity contribution in [2.24, 2.45) is 0 Å². The second-order valence-electron chi connectivity index (χ2n) is 5.28. The molecular weight excluding hydrogens is 270 g/mol. The van der Waals surface area contributed by atoms with Crippen molar-refractivity contribution in [1.29, 1.82) is 0 Å². The fourth-order valence-corrected chi connectivity index (χ4v) is 2.39. The lowest BCUT2D eigenvalue weighted by Gasteiger charge is -2.22. The minimum atomic E-state index is -0.842. The van der Waals surface area contributed by atoms with Crippen molar-refractivity contribution in [3.05, 3.63) is 35.4 Å². The smallest absolute Gasteiger partial charge is 0.320 e. The largest absolute Gasteiger partial charge is 0.481 e. The molecule has 0 bridgehead atoms. The molecule has 0 saturated heterocycles. The highest BCUT2D eigenvalue weighted by atomic mass is 16.5. The molecule has 2 rings (SSSR count). The van der Waals surface area contributed by atoms with Crippen LogP contribution >= 0.6 is 0 Å². The topological polar surface area (TPSA) is 66.8 Å². The van der Waals surface area contributed by atoms with Crippen LogP contribution in [-0.2, 0) is 27.3 Å². The van der Waals surface area contributed by atoms with Crippen LogP contribution in [0.1, 0.15) is 30.9 Å². The highest BCUT2D eigenvalue weighted by Gasteiger charge is 2.31. The lowest BCUT2D eigenvalue weighted by atomic mass is 10.0. The van der Waals surface area contributed by atoms with E-state index in [9.17, 15) is 9.59 Å². The van der Waals surface area contributed by atoms with Gasteiger partial charge in [-0.1, -0.05) is 24.3 Å². The van der Waals surface area contributed by atoms with Crippen LogP contribution in [0, 0.1) is 0 Å². The molecule has 1 aliphatic rings. The van der Waals surface area contributed by atoms with Crippen molar-refractivity contribution in [3.8, 4) is 0 Å². The highest BCUT2D eigenvalue weighted by Crippen LogP contribution is 2.28. The molecule has 1 aromatic rings. The van der Waals surface area contributed by atoms with Gasteiger partial charge in [0.25, 0.3) is 0 Å². The van der Waals surface area contributed by atoms with Gasteiger partial charge in [0.15, 0.2) is 0 Å². The maximum absolute atomic E-state index is 11.7. The molecule has 0 atom stereocenters. The van der Waals surface area contributed by atoms with E-state index in [2.05, 4.69) is 4.90 Å². The van der Waals surface area contributed by atoms with E-state index >= 15 is 0 Å². The molecule has 0 aliphatic heterocycles. The molecule has 1 aliphatic carbocycles. The lowest BCUT2D eigenvalue weighted by molar-refractivity contribution is -0.144. The summed E-state index contributed by atoms with van der Waals surface area (Å²) in [5.74, 6) is -1.06. The summed E-state index contributed by atoms with van der Waals surface area (Å²) in [5, 5.41) is 8.97. The predicted molar refractivity (Wildman–Crippen MR) is 77.8 cm³/mol. The Kier molecular flexibility index (Phi) is 5.33. The zero-order valence-electron chi connectivity index (χ0n) is 12.2. The van der Waals surface area contributed by atoms with Gasteiger partial charge in [-0.2, -0.15) is 0 Å². The van der Waals surface area contributed by atoms with Crippen LogP contribution in [0.3, 0.4) is 0 Å². The zero-order valence-corrected chi connectivity index (χ0v) is 12.2. The molecule has 5 nitrogen and oxygen atoms in total. The van der Waals surface area contributed by atoms with Crippen molar-refractivity contribution < 1.29 is 19.4 Å². The fourth-order valence-electron chi connectivity index (χ4n) is 2.39. The molecule has 0 amide bonds. The number of benzene rings is 1. The van der Waals surface area contributed by atoms with Gasteiger partial charge in [0.1, 0.15) is 0 Å². The van der Waals surface area contributed by atoms with E-state index in [1.807, 2.05) is 24.3 Å². The van der Waals surface area contributed by atoms with Crippen molar-refractivity contribution in [2.75, 3.05) is 13.2 Å². The number of hydrogen-bond donors (Lipinski definition) is 1. The molecule has 0 aromatic heterocycles. The van der Waals surface area contributed by atoms with Gasteiger partial charge < -0.3 is 9.84 Å². The van der Waals surface area contributed by atoms with E-state index in [0.29, 0.717) is 19.2 Å². The first-order valence-corrected chi connectivity index (χ1v) is 7.28. The van der Waals surface area contributed by atoms with E-state index < -0.39 is 5.97 Å². The van der Waals surface area contributed by atoms with Gasteiger partial charge in [-0.15, -0.1) is 0 Å². The molecule has 1 fully saturated rings. The van der Waals surface area contributed by atoms with Crippen molar-refractivity contribution in [3.63, 3.8) is 0 Å². The van der Waals surface area contributed by atoms with Gasteiger partial charge >= 0.3 is 11.9 Å². The van der Waals surface area contributed by atoms with Gasteiger partial charge in [0.2, 0.25) is 0 Å². The molecule has 1 aromatic carbocycles. The van der Waals surface area contributed by atoms with Crippen LogP contribution in [0.15, 0.2) is 24.3 Å². The Morgan fingerprint density at radius 2 is 1.95 bits per heavy atom. The number of nitrogens with zero attached hydrogens (tertiary/aromatic N) is 1. The molecule has 1 saturated carbocycles. The Morgan fingerprint density at radius 3 is 2.52 bits per heavy atom. The molecule has 0 spiro atoms. The molecule has 5 heteroatoms. The van der Waals surface area contributed by atoms with Gasteiger partial charge in [0.05, 0.1) is 19.6 Å². The van der Waals surface area contributed by atoms with E-state index in [0.717, 1.165) is 24.0 Å². The van der Waals surface area contributed by atoms with Crippen LogP contribution in [0.2, 0.25) is 0 Å². The third-order valence-corrected chi connectivity index (χ3v) is 3.53. The minimum Gasteiger partial charge on any atom is -0.481 e. The first-order valence-electron chi connectivity index (χ1n) is 7.28. The first-order chi connectivity index (χ1) is 10.1. The fraction of sp³-hybridized carbons (Fsp3) is 0.500. The van der Waals surface area contributed by atoms with Crippen molar-refractivity contribution >= 4 is 11.9 Å². The Hall–Kier alpha value is -1.88. The number of hydrogen-bond acceptors (Lipinski definition) is 4. The zero-order chi connectivity index (χ0) is 15.2. The summed E-state index contributed by atoms with van der Waals surface area (Å²) in [7, 11) is 0. The molecule has 0 heterocycles. The highest BCUT2D eigenvalue weighted by molar-refractivity contribution is 5.72. The average molecular weight is 291 g/mol. The second-order valence-corrected chi connectivity index (χ2v) is 5.28. The van der Waals surface area contributed by atoms with Crippen molar-refractivity contribution in [1.82, 2.24) is 4.90 Å². The SMILES string of the molecule is CCOC(=O)CN(Cc1ccccc1CC(=O)O)C1CC1. The average Bonchev–Trinajstić information content (AvgIpc) is 3.24. The number of carbonyl (C=O) groups excluding carboxylic acids is 1. The summed E-state index contributed by atoms with van der Waals surface area (Å²) >= 11 is 0. The summed E-state index contributed by atoms with van der Waals surface area (Å²) in [4.78, 5) is 24.7. The summed E-state index contributed by atoms with van der Waals surface area (Å²) in [6.07, 6.45) is 2.18.